The van der Waals surface area contributed by atoms with Crippen molar-refractivity contribution in [2.75, 3.05) is 0 Å². The Morgan fingerprint density at radius 2 is 2.00 bits per heavy atom. The fraction of sp³-hybridized carbons (Fsp3) is 0.500. The van der Waals surface area contributed by atoms with Crippen LogP contribution in [0.25, 0.3) is 11.3 Å². The third kappa shape index (κ3) is 3.56. The summed E-state index contributed by atoms with van der Waals surface area (Å²) >= 11 is 0. The molecule has 1 aromatic carbocycles. The molecule has 0 amide bonds. The molecule has 4 rings (SSSR count). The van der Waals surface area contributed by atoms with E-state index in [4.69, 9.17) is 4.98 Å². The number of carbonyl (C=O) groups excluding carboxylic acids is 2. The maximum absolute atomic E-state index is 12.5. The smallest absolute Gasteiger partial charge is 0.163 e. The van der Waals surface area contributed by atoms with Gasteiger partial charge in [-0.15, -0.1) is 0 Å². The summed E-state index contributed by atoms with van der Waals surface area (Å²) in [7, 11) is 0. The molecular formula is C26H31NO2. The highest BCUT2D eigenvalue weighted by molar-refractivity contribution is 6.04. The molecule has 0 N–H and O–H groups in total. The molecule has 2 aliphatic carbocycles. The van der Waals surface area contributed by atoms with Crippen molar-refractivity contribution in [3.05, 3.63) is 52.2 Å². The molecular weight excluding hydrogens is 358 g/mol. The lowest BCUT2D eigenvalue weighted by molar-refractivity contribution is 0.0991. The summed E-state index contributed by atoms with van der Waals surface area (Å²) in [6.45, 7) is 6.20. The topological polar surface area (TPSA) is 47.0 Å². The van der Waals surface area contributed by atoms with E-state index in [0.29, 0.717) is 12.3 Å². The number of pyridine rings is 1. The quantitative estimate of drug-likeness (QED) is 0.520. The molecule has 0 radical (unpaired) electrons. The summed E-state index contributed by atoms with van der Waals surface area (Å²) in [5, 5.41) is 0. The molecule has 2 unspecified atom stereocenters. The molecule has 1 heterocycles. The van der Waals surface area contributed by atoms with Crippen LogP contribution < -0.4 is 0 Å². The fourth-order valence-corrected chi connectivity index (χ4v) is 5.46. The summed E-state index contributed by atoms with van der Waals surface area (Å²) in [5.74, 6) is 1.42. The Kier molecular flexibility index (Phi) is 5.67. The number of nitrogens with zero attached hydrogens (tertiary/aromatic N) is 1. The second-order valence-corrected chi connectivity index (χ2v) is 8.77. The van der Waals surface area contributed by atoms with Crippen LogP contribution in [0.2, 0.25) is 0 Å². The van der Waals surface area contributed by atoms with Crippen LogP contribution in [-0.4, -0.2) is 16.6 Å². The number of hydrogen-bond acceptors (Lipinski definition) is 3. The van der Waals surface area contributed by atoms with Gasteiger partial charge < -0.3 is 0 Å². The van der Waals surface area contributed by atoms with Crippen molar-refractivity contribution in [3.8, 4) is 11.3 Å². The highest BCUT2D eigenvalue weighted by Gasteiger charge is 2.34. The average Bonchev–Trinajstić information content (AvgIpc) is 3.10. The van der Waals surface area contributed by atoms with Crippen LogP contribution >= 0.6 is 0 Å². The molecule has 2 aromatic rings. The molecule has 3 heteroatoms. The molecule has 1 aromatic heterocycles. The summed E-state index contributed by atoms with van der Waals surface area (Å²) < 4.78 is 0. The number of aromatic nitrogens is 1. The molecule has 152 valence electrons. The molecule has 2 atom stereocenters. The zero-order chi connectivity index (χ0) is 20.5. The van der Waals surface area contributed by atoms with Crippen LogP contribution in [0, 0.1) is 5.92 Å². The van der Waals surface area contributed by atoms with Crippen LogP contribution in [0.5, 0.6) is 0 Å². The van der Waals surface area contributed by atoms with Crippen molar-refractivity contribution in [2.45, 2.75) is 78.1 Å². The van der Waals surface area contributed by atoms with Gasteiger partial charge in [0.25, 0.3) is 0 Å². The van der Waals surface area contributed by atoms with Crippen LogP contribution in [0.4, 0.5) is 0 Å². The summed E-state index contributed by atoms with van der Waals surface area (Å²) in [4.78, 5) is 29.6. The van der Waals surface area contributed by atoms with Gasteiger partial charge in [0.15, 0.2) is 11.6 Å². The number of fused-ring (bicyclic) bond motifs is 5. The second kappa shape index (κ2) is 8.22. The van der Waals surface area contributed by atoms with E-state index in [0.717, 1.165) is 58.7 Å². The second-order valence-electron chi connectivity index (χ2n) is 8.77. The molecule has 0 spiro atoms. The van der Waals surface area contributed by atoms with Crippen molar-refractivity contribution >= 4 is 11.6 Å². The zero-order valence-electron chi connectivity index (χ0n) is 17.9. The van der Waals surface area contributed by atoms with Crippen LogP contribution in [0.1, 0.15) is 103 Å². The SMILES string of the molecule is CCCC(CC)CCC1Cc2ccc3c(c2-c2nccc(C(C)=O)c21)CCC3=O. The monoisotopic (exact) mass is 389 g/mol. The summed E-state index contributed by atoms with van der Waals surface area (Å²) in [5.41, 5.74) is 7.35. The lowest BCUT2D eigenvalue weighted by Crippen LogP contribution is -2.19. The molecule has 29 heavy (non-hydrogen) atoms. The van der Waals surface area contributed by atoms with Gasteiger partial charge in [0.05, 0.1) is 5.69 Å². The van der Waals surface area contributed by atoms with E-state index in [9.17, 15) is 9.59 Å². The number of Topliss-reactive ketones (excluding diaryl/α,β-unsaturated/α-hetero) is 2. The first-order valence-corrected chi connectivity index (χ1v) is 11.2. The number of ketones is 2. The first-order valence-electron chi connectivity index (χ1n) is 11.2. The zero-order valence-corrected chi connectivity index (χ0v) is 17.9. The molecule has 3 nitrogen and oxygen atoms in total. The van der Waals surface area contributed by atoms with E-state index in [1.54, 1.807) is 13.1 Å². The molecule has 0 saturated carbocycles. The van der Waals surface area contributed by atoms with Crippen molar-refractivity contribution in [1.29, 1.82) is 0 Å². The largest absolute Gasteiger partial charge is 0.294 e. The Balaban J connectivity index is 1.79. The van der Waals surface area contributed by atoms with E-state index in [1.807, 2.05) is 12.1 Å². The fourth-order valence-electron chi connectivity index (χ4n) is 5.46. The number of rotatable bonds is 7. The number of benzene rings is 1. The van der Waals surface area contributed by atoms with E-state index in [1.165, 1.54) is 31.2 Å². The highest BCUT2D eigenvalue weighted by atomic mass is 16.1. The normalized spacial score (nSPS) is 18.2. The van der Waals surface area contributed by atoms with Gasteiger partial charge in [-0.3, -0.25) is 14.6 Å². The van der Waals surface area contributed by atoms with Gasteiger partial charge in [-0.2, -0.15) is 0 Å². The maximum atomic E-state index is 12.5. The van der Waals surface area contributed by atoms with Crippen molar-refractivity contribution in [3.63, 3.8) is 0 Å². The summed E-state index contributed by atoms with van der Waals surface area (Å²) in [6, 6.07) is 6.04. The standard InChI is InChI=1S/C26H31NO2/c1-4-6-17(5-2)7-8-18-15-19-9-10-21-22(11-12-23(21)29)25(19)26-24(18)20(16(3)28)13-14-27-26/h9-10,13-14,17-18H,4-8,11-12,15H2,1-3H3. The average molecular weight is 390 g/mol. The number of carbonyl (C=O) groups is 2. The first kappa shape index (κ1) is 20.0. The number of hydrogen-bond donors (Lipinski definition) is 0. The Morgan fingerprint density at radius 3 is 2.72 bits per heavy atom. The van der Waals surface area contributed by atoms with E-state index in [-0.39, 0.29) is 11.6 Å². The van der Waals surface area contributed by atoms with Gasteiger partial charge in [-0.25, -0.2) is 0 Å². The van der Waals surface area contributed by atoms with Crippen molar-refractivity contribution < 1.29 is 9.59 Å². The lowest BCUT2D eigenvalue weighted by atomic mass is 9.74. The molecule has 0 aliphatic heterocycles. The van der Waals surface area contributed by atoms with Gasteiger partial charge in [0, 0.05) is 29.3 Å². The summed E-state index contributed by atoms with van der Waals surface area (Å²) in [6.07, 6.45) is 10.1. The van der Waals surface area contributed by atoms with E-state index in [2.05, 4.69) is 19.9 Å². The maximum Gasteiger partial charge on any atom is 0.163 e. The van der Waals surface area contributed by atoms with Crippen molar-refractivity contribution in [2.24, 2.45) is 5.92 Å². The van der Waals surface area contributed by atoms with Gasteiger partial charge in [0.2, 0.25) is 0 Å². The minimum absolute atomic E-state index is 0.112. The van der Waals surface area contributed by atoms with Gasteiger partial charge in [0.1, 0.15) is 0 Å². The Labute approximate surface area is 173 Å². The lowest BCUT2D eigenvalue weighted by Gasteiger charge is -2.31. The van der Waals surface area contributed by atoms with E-state index >= 15 is 0 Å². The Bertz CT molecular complexity index is 959. The molecule has 0 saturated heterocycles. The molecule has 2 aliphatic rings. The van der Waals surface area contributed by atoms with Crippen molar-refractivity contribution in [1.82, 2.24) is 4.98 Å². The third-order valence-corrected chi connectivity index (χ3v) is 6.98. The van der Waals surface area contributed by atoms with Gasteiger partial charge in [-0.1, -0.05) is 45.2 Å². The van der Waals surface area contributed by atoms with E-state index < -0.39 is 0 Å². The predicted molar refractivity (Wildman–Crippen MR) is 117 cm³/mol. The van der Waals surface area contributed by atoms with Crippen LogP contribution in [-0.2, 0) is 12.8 Å². The highest BCUT2D eigenvalue weighted by Crippen LogP contribution is 2.46. The first-order chi connectivity index (χ1) is 14.0. The van der Waals surface area contributed by atoms with Crippen LogP contribution in [0.15, 0.2) is 24.4 Å². The minimum Gasteiger partial charge on any atom is -0.294 e. The Morgan fingerprint density at radius 1 is 1.17 bits per heavy atom. The van der Waals surface area contributed by atoms with Gasteiger partial charge in [-0.05, 0) is 67.2 Å². The third-order valence-electron chi connectivity index (χ3n) is 6.98. The predicted octanol–water partition coefficient (Wildman–Crippen LogP) is 6.33. The van der Waals surface area contributed by atoms with Crippen LogP contribution in [0.3, 0.4) is 0 Å². The Hall–Kier alpha value is -2.29. The minimum atomic E-state index is 0.112. The molecule has 0 bridgehead atoms. The van der Waals surface area contributed by atoms with Gasteiger partial charge >= 0.3 is 0 Å². The molecule has 0 fully saturated rings.